The van der Waals surface area contributed by atoms with Crippen LogP contribution in [0, 0.1) is 4.51 Å². The summed E-state index contributed by atoms with van der Waals surface area (Å²) in [5.41, 5.74) is 2.13. The van der Waals surface area contributed by atoms with E-state index in [0.29, 0.717) is 43.8 Å². The van der Waals surface area contributed by atoms with Gasteiger partial charge in [-0.15, -0.1) is 10.9 Å². The first-order chi connectivity index (χ1) is 16.8. The number of rotatable bonds is 4. The Balaban J connectivity index is 1.63. The molecular formula is C25H19F3N2O3S2. The van der Waals surface area contributed by atoms with Gasteiger partial charge in [0.05, 0.1) is 26.9 Å². The van der Waals surface area contributed by atoms with Crippen molar-refractivity contribution in [2.75, 3.05) is 26.6 Å². The number of hydrogen-bond acceptors (Lipinski definition) is 6. The quantitative estimate of drug-likeness (QED) is 0.434. The molecule has 0 amide bonds. The van der Waals surface area contributed by atoms with Gasteiger partial charge in [0.15, 0.2) is 16.7 Å². The summed E-state index contributed by atoms with van der Waals surface area (Å²) >= 11 is 1.28. The highest BCUT2D eigenvalue weighted by Crippen LogP contribution is 2.42. The summed E-state index contributed by atoms with van der Waals surface area (Å²) in [6.45, 7) is 0. The maximum atomic E-state index is 13.8. The zero-order valence-electron chi connectivity index (χ0n) is 18.8. The number of benzene rings is 1. The fraction of sp³-hybridized carbons (Fsp3) is 0.160. The minimum absolute atomic E-state index is 0.410. The summed E-state index contributed by atoms with van der Waals surface area (Å²) in [7, 11) is 5.98. The smallest absolute Gasteiger partial charge is 0.416 e. The second kappa shape index (κ2) is 9.01. The van der Waals surface area contributed by atoms with Crippen LogP contribution in [0.3, 0.4) is 0 Å². The van der Waals surface area contributed by atoms with Crippen LogP contribution in [-0.2, 0) is 6.18 Å². The van der Waals surface area contributed by atoms with Gasteiger partial charge in [-0.1, -0.05) is 23.9 Å². The molecule has 4 aliphatic rings. The lowest BCUT2D eigenvalue weighted by molar-refractivity contribution is -0.137. The summed E-state index contributed by atoms with van der Waals surface area (Å²) < 4.78 is 58.5. The average molecular weight is 517 g/mol. The van der Waals surface area contributed by atoms with Crippen molar-refractivity contribution in [2.24, 2.45) is 4.99 Å². The number of ether oxygens (including phenoxy) is 3. The van der Waals surface area contributed by atoms with Crippen molar-refractivity contribution in [2.45, 2.75) is 11.1 Å². The molecule has 180 valence electrons. The molecule has 1 N–H and O–H groups in total. The van der Waals surface area contributed by atoms with Gasteiger partial charge in [-0.3, -0.25) is 0 Å². The van der Waals surface area contributed by atoms with Crippen LogP contribution in [0.5, 0.6) is 17.2 Å². The molecular weight excluding hydrogens is 497 g/mol. The van der Waals surface area contributed by atoms with Crippen LogP contribution in [0.2, 0.25) is 0 Å². The van der Waals surface area contributed by atoms with Crippen LogP contribution < -0.4 is 24.7 Å². The second-order valence-corrected chi connectivity index (χ2v) is 9.52. The first-order valence-corrected chi connectivity index (χ1v) is 12.1. The molecule has 5 nitrogen and oxygen atoms in total. The number of methoxy groups -OCH3 is 3. The second-order valence-electron chi connectivity index (χ2n) is 7.60. The first kappa shape index (κ1) is 23.4. The van der Waals surface area contributed by atoms with Crippen molar-refractivity contribution in [3.8, 4) is 28.4 Å². The molecule has 2 aliphatic carbocycles. The zero-order valence-corrected chi connectivity index (χ0v) is 20.5. The molecule has 0 saturated carbocycles. The van der Waals surface area contributed by atoms with Crippen molar-refractivity contribution in [1.29, 1.82) is 0 Å². The molecule has 5 rings (SSSR count). The van der Waals surface area contributed by atoms with Crippen LogP contribution in [0.4, 0.5) is 18.9 Å². The molecule has 0 unspecified atom stereocenters. The van der Waals surface area contributed by atoms with Crippen molar-refractivity contribution in [1.82, 2.24) is 0 Å². The van der Waals surface area contributed by atoms with Crippen molar-refractivity contribution >= 4 is 51.2 Å². The van der Waals surface area contributed by atoms with Crippen LogP contribution in [0.15, 0.2) is 46.3 Å². The van der Waals surface area contributed by atoms with E-state index in [9.17, 15) is 13.2 Å². The highest BCUT2D eigenvalue weighted by atomic mass is 32.2. The number of thioether (sulfide) groups is 1. The third-order valence-electron chi connectivity index (χ3n) is 5.52. The Morgan fingerprint density at radius 1 is 0.914 bits per heavy atom. The molecule has 2 heterocycles. The van der Waals surface area contributed by atoms with Crippen molar-refractivity contribution in [3.63, 3.8) is 0 Å². The Hall–Kier alpha value is -3.37. The van der Waals surface area contributed by atoms with Crippen molar-refractivity contribution in [3.05, 3.63) is 57.3 Å². The summed E-state index contributed by atoms with van der Waals surface area (Å²) in [4.78, 5) is 5.10. The van der Waals surface area contributed by atoms with E-state index < -0.39 is 11.7 Å². The van der Waals surface area contributed by atoms with Gasteiger partial charge in [0.25, 0.3) is 0 Å². The van der Waals surface area contributed by atoms with E-state index in [2.05, 4.69) is 10.3 Å². The number of fused-ring (bicyclic) bond motifs is 5. The maximum Gasteiger partial charge on any atom is 0.416 e. The van der Waals surface area contributed by atoms with Crippen LogP contribution >= 0.6 is 22.7 Å². The monoisotopic (exact) mass is 516 g/mol. The average Bonchev–Trinajstić information content (AvgIpc) is 3.12. The van der Waals surface area contributed by atoms with Gasteiger partial charge in [0.2, 0.25) is 5.75 Å². The van der Waals surface area contributed by atoms with Crippen LogP contribution in [0.1, 0.15) is 11.1 Å². The number of aliphatic imine (C=N–C) groups is 1. The number of anilines is 1. The zero-order chi connectivity index (χ0) is 24.7. The van der Waals surface area contributed by atoms with Gasteiger partial charge < -0.3 is 19.5 Å². The number of alkyl halides is 3. The van der Waals surface area contributed by atoms with E-state index in [-0.39, 0.29) is 0 Å². The molecule has 0 bridgehead atoms. The highest BCUT2D eigenvalue weighted by Gasteiger charge is 2.32. The third kappa shape index (κ3) is 4.28. The Morgan fingerprint density at radius 3 is 2.31 bits per heavy atom. The molecule has 0 spiro atoms. The predicted molar refractivity (Wildman–Crippen MR) is 137 cm³/mol. The molecule has 0 aromatic heterocycles. The summed E-state index contributed by atoms with van der Waals surface area (Å²) in [5, 5.41) is 6.00. The van der Waals surface area contributed by atoms with E-state index in [0.717, 1.165) is 21.7 Å². The SMILES string of the molecule is COc1cc(NC2=NC=c3cc(C(F)(F)F)cc4c5c(cc-4c3S2)C=CC=S=5)cc(OC)c1OC. The van der Waals surface area contributed by atoms with Gasteiger partial charge in [-0.2, -0.15) is 13.2 Å². The first-order valence-electron chi connectivity index (χ1n) is 10.4. The molecule has 1 aromatic carbocycles. The number of allylic oxidation sites excluding steroid dienone is 1. The number of amidine groups is 1. The molecule has 10 heteroatoms. The summed E-state index contributed by atoms with van der Waals surface area (Å²) in [6, 6.07) is 7.79. The molecule has 0 radical (unpaired) electrons. The highest BCUT2D eigenvalue weighted by molar-refractivity contribution is 8.14. The van der Waals surface area contributed by atoms with Gasteiger partial charge in [0.1, 0.15) is 0 Å². The molecule has 35 heavy (non-hydrogen) atoms. The fourth-order valence-electron chi connectivity index (χ4n) is 3.96. The number of halogens is 3. The standard InChI is InChI=1S/C25H19F3N2O3S2/c1-31-19-10-16(11-20(32-2)21(19)33-3)30-24-29-12-14-7-15(25(26,27)28)9-18-17(23(14)35-24)8-13-5-4-6-34-22(13)18/h4-12H,1-3H3,(H,29,30). The van der Waals surface area contributed by atoms with Crippen molar-refractivity contribution < 1.29 is 27.4 Å². The van der Waals surface area contributed by atoms with Gasteiger partial charge >= 0.3 is 6.18 Å². The Kier molecular flexibility index (Phi) is 6.02. The lowest BCUT2D eigenvalue weighted by atomic mass is 10.1. The topological polar surface area (TPSA) is 52.1 Å². The molecule has 1 aromatic rings. The molecule has 2 aliphatic heterocycles. The maximum absolute atomic E-state index is 13.8. The summed E-state index contributed by atoms with van der Waals surface area (Å²) in [6.07, 6.45) is 0.772. The van der Waals surface area contributed by atoms with Gasteiger partial charge in [-0.25, -0.2) is 4.99 Å². The lowest BCUT2D eigenvalue weighted by Crippen LogP contribution is -2.16. The largest absolute Gasteiger partial charge is 0.493 e. The van der Waals surface area contributed by atoms with Gasteiger partial charge in [0, 0.05) is 44.2 Å². The Bertz CT molecular complexity index is 1520. The van der Waals surface area contributed by atoms with E-state index >= 15 is 0 Å². The van der Waals surface area contributed by atoms with Crippen LogP contribution in [0.25, 0.3) is 23.4 Å². The number of nitrogens with zero attached hydrogens (tertiary/aromatic N) is 1. The minimum Gasteiger partial charge on any atom is -0.493 e. The third-order valence-corrected chi connectivity index (χ3v) is 7.56. The fourth-order valence-corrected chi connectivity index (χ4v) is 5.79. The van der Waals surface area contributed by atoms with E-state index in [4.69, 9.17) is 14.2 Å². The Morgan fingerprint density at radius 2 is 1.66 bits per heavy atom. The molecule has 0 atom stereocenters. The Labute approximate surface area is 206 Å². The molecule has 0 fully saturated rings. The lowest BCUT2D eigenvalue weighted by Gasteiger charge is -2.17. The number of hydrogen-bond donors (Lipinski definition) is 1. The minimum atomic E-state index is -4.49. The van der Waals surface area contributed by atoms with Gasteiger partial charge in [-0.05, 0) is 34.7 Å². The van der Waals surface area contributed by atoms with E-state index in [1.807, 2.05) is 23.6 Å². The predicted octanol–water partition coefficient (Wildman–Crippen LogP) is 5.96. The van der Waals surface area contributed by atoms with E-state index in [1.165, 1.54) is 56.3 Å². The summed E-state index contributed by atoms with van der Waals surface area (Å²) in [5.74, 6) is 1.38. The number of nitrogens with one attached hydrogen (secondary N) is 1. The van der Waals surface area contributed by atoms with E-state index in [1.54, 1.807) is 12.1 Å². The molecule has 0 saturated heterocycles. The normalized spacial score (nSPS) is 14.1. The van der Waals surface area contributed by atoms with Crippen LogP contribution in [-0.4, -0.2) is 31.9 Å².